The van der Waals surface area contributed by atoms with Crippen molar-refractivity contribution in [2.45, 2.75) is 6.92 Å². The number of rotatable bonds is 5. The highest BCUT2D eigenvalue weighted by Crippen LogP contribution is 2.34. The summed E-state index contributed by atoms with van der Waals surface area (Å²) >= 11 is 16.7. The smallest absolute Gasteiger partial charge is 0.311 e. The number of nitro benzene ring substituents is 1. The lowest BCUT2D eigenvalue weighted by atomic mass is 10.1. The number of hydrogen-bond donors (Lipinski definition) is 3. The molecule has 0 heterocycles. The van der Waals surface area contributed by atoms with E-state index >= 15 is 0 Å². The maximum absolute atomic E-state index is 12.3. The van der Waals surface area contributed by atoms with Gasteiger partial charge >= 0.3 is 5.69 Å². The fourth-order valence-electron chi connectivity index (χ4n) is 2.05. The lowest BCUT2D eigenvalue weighted by molar-refractivity contribution is -0.385. The minimum absolute atomic E-state index is 0.00117. The highest BCUT2D eigenvalue weighted by atomic mass is 35.5. The van der Waals surface area contributed by atoms with Crippen molar-refractivity contribution in [2.75, 3.05) is 11.9 Å². The number of phenols is 1. The summed E-state index contributed by atoms with van der Waals surface area (Å²) in [6.45, 7) is 1.94. The number of nitrogens with one attached hydrogen (secondary N) is 2. The van der Waals surface area contributed by atoms with Gasteiger partial charge in [-0.25, -0.2) is 0 Å². The molecule has 8 nitrogen and oxygen atoms in total. The number of nitrogens with zero attached hydrogens (tertiary/aromatic N) is 1. The number of phenolic OH excluding ortho intramolecular Hbond substituents is 1. The fourth-order valence-corrected chi connectivity index (χ4v) is 2.75. The predicted molar refractivity (Wildman–Crippen MR) is 106 cm³/mol. The van der Waals surface area contributed by atoms with E-state index in [1.165, 1.54) is 24.3 Å². The number of aromatic hydroxyl groups is 1. The van der Waals surface area contributed by atoms with Gasteiger partial charge in [0.15, 0.2) is 16.6 Å². The van der Waals surface area contributed by atoms with Gasteiger partial charge in [-0.05, 0) is 43.4 Å². The summed E-state index contributed by atoms with van der Waals surface area (Å²) in [6.07, 6.45) is 0. The monoisotopic (exact) mass is 429 g/mol. The van der Waals surface area contributed by atoms with Crippen LogP contribution in [0.2, 0.25) is 10.0 Å². The van der Waals surface area contributed by atoms with Gasteiger partial charge in [-0.2, -0.15) is 0 Å². The Labute approximate surface area is 169 Å². The van der Waals surface area contributed by atoms with Gasteiger partial charge in [-0.1, -0.05) is 23.2 Å². The van der Waals surface area contributed by atoms with Crippen molar-refractivity contribution in [3.8, 4) is 11.5 Å². The van der Waals surface area contributed by atoms with E-state index < -0.39 is 10.8 Å². The Morgan fingerprint density at radius 2 is 1.93 bits per heavy atom. The number of carbonyl (C=O) groups is 1. The molecule has 1 amide bonds. The van der Waals surface area contributed by atoms with Crippen LogP contribution in [0.4, 0.5) is 11.4 Å². The quantitative estimate of drug-likeness (QED) is 0.283. The van der Waals surface area contributed by atoms with Gasteiger partial charge in [-0.3, -0.25) is 20.2 Å². The van der Waals surface area contributed by atoms with Crippen LogP contribution in [0.15, 0.2) is 30.3 Å². The van der Waals surface area contributed by atoms with Crippen molar-refractivity contribution in [1.29, 1.82) is 0 Å². The van der Waals surface area contributed by atoms with Crippen LogP contribution in [0.3, 0.4) is 0 Å². The number of thiocarbonyl (C=S) groups is 1. The molecule has 142 valence electrons. The molecule has 0 aromatic heterocycles. The van der Waals surface area contributed by atoms with Crippen molar-refractivity contribution in [3.63, 3.8) is 0 Å². The molecule has 2 rings (SSSR count). The number of nitro groups is 1. The second-order valence-corrected chi connectivity index (χ2v) is 6.29. The Bertz CT molecular complexity index is 900. The van der Waals surface area contributed by atoms with E-state index in [2.05, 4.69) is 10.6 Å². The molecule has 27 heavy (non-hydrogen) atoms. The Kier molecular flexibility index (Phi) is 6.78. The second kappa shape index (κ2) is 8.85. The molecule has 2 aromatic rings. The lowest BCUT2D eigenvalue weighted by Crippen LogP contribution is -2.34. The Morgan fingerprint density at radius 1 is 1.30 bits per heavy atom. The molecule has 0 aliphatic heterocycles. The summed E-state index contributed by atoms with van der Waals surface area (Å²) in [5.74, 6) is -0.872. The zero-order valence-corrected chi connectivity index (χ0v) is 16.1. The van der Waals surface area contributed by atoms with Crippen molar-refractivity contribution >= 4 is 57.8 Å². The molecule has 0 unspecified atom stereocenters. The minimum atomic E-state index is -0.658. The molecule has 0 atom stereocenters. The van der Waals surface area contributed by atoms with E-state index in [-0.39, 0.29) is 44.5 Å². The third kappa shape index (κ3) is 5.19. The Balaban J connectivity index is 2.13. The summed E-state index contributed by atoms with van der Waals surface area (Å²) in [6, 6.07) is 6.54. The number of anilines is 1. The normalized spacial score (nSPS) is 10.2. The molecule has 0 aliphatic rings. The number of amides is 1. The maximum Gasteiger partial charge on any atom is 0.311 e. The summed E-state index contributed by atoms with van der Waals surface area (Å²) < 4.78 is 5.17. The van der Waals surface area contributed by atoms with Crippen molar-refractivity contribution in [1.82, 2.24) is 5.32 Å². The molecule has 0 saturated heterocycles. The maximum atomic E-state index is 12.3. The summed E-state index contributed by atoms with van der Waals surface area (Å²) in [4.78, 5) is 22.8. The third-order valence-electron chi connectivity index (χ3n) is 3.22. The first kappa shape index (κ1) is 20.7. The largest absolute Gasteiger partial charge is 0.505 e. The molecule has 0 spiro atoms. The zero-order valence-electron chi connectivity index (χ0n) is 13.8. The van der Waals surface area contributed by atoms with Crippen LogP contribution in [0.25, 0.3) is 0 Å². The van der Waals surface area contributed by atoms with E-state index in [1.54, 1.807) is 6.92 Å². The van der Waals surface area contributed by atoms with Crippen LogP contribution in [-0.2, 0) is 0 Å². The van der Waals surface area contributed by atoms with Crippen LogP contribution in [0.5, 0.6) is 11.5 Å². The second-order valence-electron chi connectivity index (χ2n) is 5.07. The topological polar surface area (TPSA) is 114 Å². The standard InChI is InChI=1S/C16H13Cl2N3O5S/c1-2-26-13-4-3-8(5-12(13)21(24)25)15(23)20-16(27)19-9-6-10(17)14(22)11(18)7-9/h3-7,22H,2H2,1H3,(H2,19,20,23,27). The molecule has 0 saturated carbocycles. The van der Waals surface area contributed by atoms with Gasteiger partial charge < -0.3 is 15.2 Å². The zero-order chi connectivity index (χ0) is 20.1. The molecule has 0 radical (unpaired) electrons. The van der Waals surface area contributed by atoms with Crippen molar-refractivity contribution in [3.05, 3.63) is 56.1 Å². The lowest BCUT2D eigenvalue weighted by Gasteiger charge is -2.11. The summed E-state index contributed by atoms with van der Waals surface area (Å²) in [5, 5.41) is 25.6. The SMILES string of the molecule is CCOc1ccc(C(=O)NC(=S)Nc2cc(Cl)c(O)c(Cl)c2)cc1[N+](=O)[O-]. The van der Waals surface area contributed by atoms with Crippen LogP contribution in [0, 0.1) is 10.1 Å². The number of carbonyl (C=O) groups excluding carboxylic acids is 1. The van der Waals surface area contributed by atoms with E-state index in [1.807, 2.05) is 0 Å². The molecule has 2 aromatic carbocycles. The fraction of sp³-hybridized carbons (Fsp3) is 0.125. The van der Waals surface area contributed by atoms with Crippen LogP contribution < -0.4 is 15.4 Å². The summed E-state index contributed by atoms with van der Waals surface area (Å²) in [7, 11) is 0. The minimum Gasteiger partial charge on any atom is -0.505 e. The average molecular weight is 430 g/mol. The molecular weight excluding hydrogens is 417 g/mol. The van der Waals surface area contributed by atoms with Gasteiger partial charge in [-0.15, -0.1) is 0 Å². The highest BCUT2D eigenvalue weighted by molar-refractivity contribution is 7.80. The van der Waals surface area contributed by atoms with Gasteiger partial charge in [0, 0.05) is 17.3 Å². The first-order valence-electron chi connectivity index (χ1n) is 7.44. The Morgan fingerprint density at radius 3 is 2.48 bits per heavy atom. The number of ether oxygens (including phenoxy) is 1. The van der Waals surface area contributed by atoms with Gasteiger partial charge in [0.05, 0.1) is 21.6 Å². The highest BCUT2D eigenvalue weighted by Gasteiger charge is 2.19. The summed E-state index contributed by atoms with van der Waals surface area (Å²) in [5.41, 5.74) is 0.0299. The number of halogens is 2. The molecular formula is C16H13Cl2N3O5S. The van der Waals surface area contributed by atoms with Gasteiger partial charge in [0.1, 0.15) is 0 Å². The first-order valence-corrected chi connectivity index (χ1v) is 8.61. The molecule has 0 bridgehead atoms. The third-order valence-corrected chi connectivity index (χ3v) is 4.00. The average Bonchev–Trinajstić information content (AvgIpc) is 2.59. The van der Waals surface area contributed by atoms with Crippen LogP contribution in [0.1, 0.15) is 17.3 Å². The number of benzene rings is 2. The molecule has 3 N–H and O–H groups in total. The van der Waals surface area contributed by atoms with E-state index in [4.69, 9.17) is 40.2 Å². The van der Waals surface area contributed by atoms with Crippen molar-refractivity contribution in [2.24, 2.45) is 0 Å². The molecule has 0 aliphatic carbocycles. The predicted octanol–water partition coefficient (Wildman–Crippen LogP) is 4.13. The van der Waals surface area contributed by atoms with E-state index in [0.717, 1.165) is 6.07 Å². The molecule has 0 fully saturated rings. The van der Waals surface area contributed by atoms with E-state index in [0.29, 0.717) is 5.69 Å². The number of hydrogen-bond acceptors (Lipinski definition) is 6. The molecule has 11 heteroatoms. The van der Waals surface area contributed by atoms with E-state index in [9.17, 15) is 20.0 Å². The van der Waals surface area contributed by atoms with Crippen molar-refractivity contribution < 1.29 is 19.6 Å². The van der Waals surface area contributed by atoms with Gasteiger partial charge in [0.25, 0.3) is 5.91 Å². The van der Waals surface area contributed by atoms with Crippen LogP contribution >= 0.6 is 35.4 Å². The van der Waals surface area contributed by atoms with Gasteiger partial charge in [0.2, 0.25) is 0 Å². The first-order chi connectivity index (χ1) is 12.7. The Hall–Kier alpha value is -2.62. The van der Waals surface area contributed by atoms with Crippen LogP contribution in [-0.4, -0.2) is 27.7 Å².